The minimum absolute atomic E-state index is 0.104. The normalized spacial score (nSPS) is 12.0. The lowest BCUT2D eigenvalue weighted by Gasteiger charge is -2.22. The van der Waals surface area contributed by atoms with Crippen LogP contribution in [0.5, 0.6) is 0 Å². The molecule has 0 aromatic carbocycles. The topological polar surface area (TPSA) is 67.2 Å². The molecule has 1 amide bonds. The zero-order valence-electron chi connectivity index (χ0n) is 13.9. The second-order valence-corrected chi connectivity index (χ2v) is 6.54. The maximum atomic E-state index is 12.2. The lowest BCUT2D eigenvalue weighted by atomic mass is 10.1. The van der Waals surface area contributed by atoms with Gasteiger partial charge in [0.25, 0.3) is 5.91 Å². The van der Waals surface area contributed by atoms with Gasteiger partial charge in [-0.15, -0.1) is 0 Å². The highest BCUT2D eigenvalue weighted by atomic mass is 16.3. The molecule has 2 N–H and O–H groups in total. The number of aliphatic hydroxyl groups is 1. The third-order valence-electron chi connectivity index (χ3n) is 3.46. The first kappa shape index (κ1) is 17.7. The Balaban J connectivity index is 2.88. The minimum atomic E-state index is -0.638. The molecule has 1 aromatic heterocycles. The molecule has 0 radical (unpaired) electrons. The molecular formula is C16H29N3O2. The molecule has 0 saturated heterocycles. The Labute approximate surface area is 127 Å². The zero-order valence-corrected chi connectivity index (χ0v) is 13.9. The molecule has 0 unspecified atom stereocenters. The second-order valence-electron chi connectivity index (χ2n) is 6.54. The fraction of sp³-hybridized carbons (Fsp3) is 0.750. The van der Waals surface area contributed by atoms with Crippen LogP contribution < -0.4 is 5.32 Å². The number of carbonyl (C=O) groups is 1. The molecule has 5 heteroatoms. The Morgan fingerprint density at radius 3 is 2.62 bits per heavy atom. The van der Waals surface area contributed by atoms with Gasteiger partial charge in [-0.25, -0.2) is 0 Å². The summed E-state index contributed by atoms with van der Waals surface area (Å²) in [6, 6.07) is 1.86. The van der Waals surface area contributed by atoms with Crippen molar-refractivity contribution < 1.29 is 9.90 Å². The van der Waals surface area contributed by atoms with Crippen molar-refractivity contribution in [2.45, 2.75) is 71.9 Å². The molecule has 0 aliphatic heterocycles. The van der Waals surface area contributed by atoms with Crippen LogP contribution in [0.15, 0.2) is 6.07 Å². The first-order chi connectivity index (χ1) is 9.80. The standard InChI is InChI=1S/C16H29N3O2/c1-6-7-8-9-19-14(12(2)3)10-13(18-19)15(21)17-16(4,5)11-20/h10,12,20H,6-9,11H2,1-5H3,(H,17,21). The molecule has 0 spiro atoms. The number of nitrogens with zero attached hydrogens (tertiary/aromatic N) is 2. The molecule has 0 aliphatic rings. The Morgan fingerprint density at radius 2 is 2.10 bits per heavy atom. The van der Waals surface area contributed by atoms with Gasteiger partial charge in [0.2, 0.25) is 0 Å². The maximum absolute atomic E-state index is 12.2. The molecule has 0 bridgehead atoms. The van der Waals surface area contributed by atoms with Gasteiger partial charge in [-0.1, -0.05) is 33.6 Å². The van der Waals surface area contributed by atoms with E-state index in [4.69, 9.17) is 0 Å². The lowest BCUT2D eigenvalue weighted by Crippen LogP contribution is -2.46. The number of aromatic nitrogens is 2. The van der Waals surface area contributed by atoms with E-state index in [2.05, 4.69) is 31.2 Å². The molecule has 5 nitrogen and oxygen atoms in total. The highest BCUT2D eigenvalue weighted by molar-refractivity contribution is 5.92. The minimum Gasteiger partial charge on any atom is -0.394 e. The summed E-state index contributed by atoms with van der Waals surface area (Å²) in [5.41, 5.74) is 0.871. The number of carbonyl (C=O) groups excluding carboxylic acids is 1. The van der Waals surface area contributed by atoms with Crippen LogP contribution in [0.2, 0.25) is 0 Å². The summed E-state index contributed by atoms with van der Waals surface area (Å²) in [6.07, 6.45) is 3.40. The lowest BCUT2D eigenvalue weighted by molar-refractivity contribution is 0.0863. The first-order valence-electron chi connectivity index (χ1n) is 7.82. The second kappa shape index (κ2) is 7.59. The van der Waals surface area contributed by atoms with Gasteiger partial charge in [-0.3, -0.25) is 9.48 Å². The summed E-state index contributed by atoms with van der Waals surface area (Å²) in [6.45, 7) is 10.7. The summed E-state index contributed by atoms with van der Waals surface area (Å²) in [7, 11) is 0. The van der Waals surface area contributed by atoms with Crippen molar-refractivity contribution in [2.24, 2.45) is 0 Å². The fourth-order valence-corrected chi connectivity index (χ4v) is 2.11. The van der Waals surface area contributed by atoms with Gasteiger partial charge in [0, 0.05) is 12.2 Å². The monoisotopic (exact) mass is 295 g/mol. The van der Waals surface area contributed by atoms with Gasteiger partial charge in [0.05, 0.1) is 12.1 Å². The molecule has 1 aromatic rings. The number of aryl methyl sites for hydroxylation is 1. The van der Waals surface area contributed by atoms with Crippen molar-refractivity contribution in [3.05, 3.63) is 17.5 Å². The molecule has 0 saturated carbocycles. The number of hydrogen-bond donors (Lipinski definition) is 2. The Bertz CT molecular complexity index is 464. The SMILES string of the molecule is CCCCCn1nc(C(=O)NC(C)(C)CO)cc1C(C)C. The summed E-state index contributed by atoms with van der Waals surface area (Å²) >= 11 is 0. The van der Waals surface area contributed by atoms with Crippen molar-refractivity contribution >= 4 is 5.91 Å². The Morgan fingerprint density at radius 1 is 1.43 bits per heavy atom. The molecule has 21 heavy (non-hydrogen) atoms. The fourth-order valence-electron chi connectivity index (χ4n) is 2.11. The molecular weight excluding hydrogens is 266 g/mol. The third kappa shape index (κ3) is 5.16. The van der Waals surface area contributed by atoms with Crippen molar-refractivity contribution in [3.63, 3.8) is 0 Å². The van der Waals surface area contributed by atoms with E-state index in [1.807, 2.05) is 10.7 Å². The third-order valence-corrected chi connectivity index (χ3v) is 3.46. The van der Waals surface area contributed by atoms with Gasteiger partial charge in [-0.05, 0) is 32.3 Å². The van der Waals surface area contributed by atoms with Crippen LogP contribution in [0.3, 0.4) is 0 Å². The van der Waals surface area contributed by atoms with E-state index in [-0.39, 0.29) is 12.5 Å². The van der Waals surface area contributed by atoms with Crippen molar-refractivity contribution in [1.82, 2.24) is 15.1 Å². The quantitative estimate of drug-likeness (QED) is 0.725. The number of rotatable bonds is 8. The maximum Gasteiger partial charge on any atom is 0.272 e. The van der Waals surface area contributed by atoms with Crippen LogP contribution in [-0.4, -0.2) is 32.9 Å². The predicted molar refractivity (Wildman–Crippen MR) is 84.5 cm³/mol. The van der Waals surface area contributed by atoms with Gasteiger partial charge in [0.15, 0.2) is 0 Å². The van der Waals surface area contributed by atoms with Gasteiger partial charge in [-0.2, -0.15) is 5.10 Å². The van der Waals surface area contributed by atoms with E-state index in [1.54, 1.807) is 13.8 Å². The summed E-state index contributed by atoms with van der Waals surface area (Å²) in [5.74, 6) is 0.0942. The van der Waals surface area contributed by atoms with Crippen LogP contribution in [0.1, 0.15) is 76.0 Å². The largest absolute Gasteiger partial charge is 0.394 e. The molecule has 0 atom stereocenters. The van der Waals surface area contributed by atoms with Gasteiger partial charge >= 0.3 is 0 Å². The number of aliphatic hydroxyl groups excluding tert-OH is 1. The van der Waals surface area contributed by atoms with E-state index >= 15 is 0 Å². The predicted octanol–water partition coefficient (Wildman–Crippen LogP) is 2.70. The number of hydrogen-bond acceptors (Lipinski definition) is 3. The molecule has 1 heterocycles. The highest BCUT2D eigenvalue weighted by Crippen LogP contribution is 2.17. The summed E-state index contributed by atoms with van der Waals surface area (Å²) < 4.78 is 1.95. The van der Waals surface area contributed by atoms with Crippen LogP contribution in [-0.2, 0) is 6.54 Å². The molecule has 1 rings (SSSR count). The summed E-state index contributed by atoms with van der Waals surface area (Å²) in [5, 5.41) is 16.5. The molecule has 0 fully saturated rings. The van der Waals surface area contributed by atoms with E-state index in [9.17, 15) is 9.90 Å². The molecule has 0 aliphatic carbocycles. The molecule has 120 valence electrons. The van der Waals surface area contributed by atoms with E-state index in [1.165, 1.54) is 0 Å². The number of unbranched alkanes of at least 4 members (excludes halogenated alkanes) is 2. The highest BCUT2D eigenvalue weighted by Gasteiger charge is 2.23. The average molecular weight is 295 g/mol. The van der Waals surface area contributed by atoms with E-state index in [0.29, 0.717) is 11.6 Å². The van der Waals surface area contributed by atoms with Gasteiger partial charge in [0.1, 0.15) is 5.69 Å². The van der Waals surface area contributed by atoms with Crippen molar-refractivity contribution in [3.8, 4) is 0 Å². The van der Waals surface area contributed by atoms with Crippen LogP contribution in [0.25, 0.3) is 0 Å². The Kier molecular flexibility index (Phi) is 6.40. The Hall–Kier alpha value is -1.36. The van der Waals surface area contributed by atoms with Crippen LogP contribution in [0.4, 0.5) is 0 Å². The zero-order chi connectivity index (χ0) is 16.0. The first-order valence-corrected chi connectivity index (χ1v) is 7.82. The van der Waals surface area contributed by atoms with Crippen molar-refractivity contribution in [2.75, 3.05) is 6.61 Å². The summed E-state index contributed by atoms with van der Waals surface area (Å²) in [4.78, 5) is 12.2. The van der Waals surface area contributed by atoms with Crippen molar-refractivity contribution in [1.29, 1.82) is 0 Å². The van der Waals surface area contributed by atoms with Gasteiger partial charge < -0.3 is 10.4 Å². The van der Waals surface area contributed by atoms with E-state index in [0.717, 1.165) is 31.5 Å². The van der Waals surface area contributed by atoms with Crippen LogP contribution >= 0.6 is 0 Å². The number of amides is 1. The van der Waals surface area contributed by atoms with E-state index < -0.39 is 5.54 Å². The average Bonchev–Trinajstić information content (AvgIpc) is 2.83. The number of nitrogens with one attached hydrogen (secondary N) is 1. The van der Waals surface area contributed by atoms with Crippen LogP contribution in [0, 0.1) is 0 Å². The smallest absolute Gasteiger partial charge is 0.272 e.